The molecule has 1 aliphatic rings. The van der Waals surface area contributed by atoms with Crippen molar-refractivity contribution in [3.63, 3.8) is 0 Å². The average molecular weight is 399 g/mol. The van der Waals surface area contributed by atoms with Gasteiger partial charge in [0.25, 0.3) is 0 Å². The van der Waals surface area contributed by atoms with Crippen molar-refractivity contribution in [3.8, 4) is 0 Å². The predicted molar refractivity (Wildman–Crippen MR) is 114 cm³/mol. The maximum absolute atomic E-state index is 2.88. The molecule has 0 bridgehead atoms. The van der Waals surface area contributed by atoms with Gasteiger partial charge in [-0.25, -0.2) is 0 Å². The molecule has 0 amide bonds. The zero-order valence-corrected chi connectivity index (χ0v) is 20.7. The van der Waals surface area contributed by atoms with Crippen molar-refractivity contribution in [3.05, 3.63) is 21.6 Å². The minimum absolute atomic E-state index is 0.332. The van der Waals surface area contributed by atoms with E-state index in [1.807, 2.05) is 0 Å². The van der Waals surface area contributed by atoms with Crippen molar-refractivity contribution in [1.29, 1.82) is 0 Å². The summed E-state index contributed by atoms with van der Waals surface area (Å²) in [6.45, 7) is 28.2. The van der Waals surface area contributed by atoms with Gasteiger partial charge in [0.2, 0.25) is 0 Å². The summed E-state index contributed by atoms with van der Waals surface area (Å²) in [5, 5.41) is 0. The third-order valence-corrected chi connectivity index (χ3v) is 14.9. The normalized spacial score (nSPS) is 16.0. The maximum atomic E-state index is 2.88. The summed E-state index contributed by atoms with van der Waals surface area (Å²) < 4.78 is 10.4. The Hall–Kier alpha value is 0.0743. The van der Waals surface area contributed by atoms with Gasteiger partial charge in [0.15, 0.2) is 0 Å². The van der Waals surface area contributed by atoms with Crippen LogP contribution in [0.5, 0.6) is 0 Å². The molecule has 0 unspecified atom stereocenters. The van der Waals surface area contributed by atoms with Crippen molar-refractivity contribution in [2.75, 3.05) is 39.3 Å². The van der Waals surface area contributed by atoms with Crippen molar-refractivity contribution in [2.24, 2.45) is 5.41 Å². The van der Waals surface area contributed by atoms with E-state index in [9.17, 15) is 0 Å². The molecule has 0 aromatic heterocycles. The molecule has 4 heteroatoms. The van der Waals surface area contributed by atoms with Crippen LogP contribution in [0.15, 0.2) is 21.6 Å². The monoisotopic (exact) mass is 399 g/mol. The second-order valence-corrected chi connectivity index (χ2v) is 14.4. The Labute approximate surface area is 168 Å². The van der Waals surface area contributed by atoms with Crippen LogP contribution < -0.4 is 0 Å². The Kier molecular flexibility index (Phi) is 9.81. The first-order chi connectivity index (χ1) is 12.3. The molecule has 0 saturated carbocycles. The van der Waals surface area contributed by atoms with Crippen LogP contribution in [0.1, 0.15) is 75.2 Å². The second-order valence-electron chi connectivity index (χ2n) is 8.50. The summed E-state index contributed by atoms with van der Waals surface area (Å²) >= 11 is -2.79. The number of allylic oxidation sites excluding steroid dienone is 4. The molecule has 1 aliphatic carbocycles. The van der Waals surface area contributed by atoms with Gasteiger partial charge in [-0.3, -0.25) is 0 Å². The molecular weight excluding hydrogens is 354 g/mol. The molecular formula is C22H45N3Ti. The Morgan fingerprint density at radius 1 is 0.769 bits per heavy atom. The van der Waals surface area contributed by atoms with Gasteiger partial charge < -0.3 is 0 Å². The quantitative estimate of drug-likeness (QED) is 0.421. The van der Waals surface area contributed by atoms with Gasteiger partial charge in [-0.1, -0.05) is 0 Å². The fraction of sp³-hybridized carbons (Fsp3) is 0.818. The molecule has 1 rings (SSSR count). The SMILES string of the molecule is CC[N](CC)[Ti]([C]1=C(CC(C)(C)C)C=CC1)([N](CC)CC)[N](CC)CC. The molecule has 0 N–H and O–H groups in total. The summed E-state index contributed by atoms with van der Waals surface area (Å²) in [6, 6.07) is 0. The van der Waals surface area contributed by atoms with Crippen LogP contribution in [-0.4, -0.2) is 49.4 Å². The van der Waals surface area contributed by atoms with E-state index in [1.54, 1.807) is 9.45 Å². The van der Waals surface area contributed by atoms with Crippen LogP contribution in [0.2, 0.25) is 0 Å². The van der Waals surface area contributed by atoms with E-state index < -0.39 is 17.4 Å². The van der Waals surface area contributed by atoms with Gasteiger partial charge in [0.1, 0.15) is 0 Å². The van der Waals surface area contributed by atoms with E-state index in [0.717, 1.165) is 45.7 Å². The molecule has 0 aliphatic heterocycles. The van der Waals surface area contributed by atoms with Gasteiger partial charge in [-0.2, -0.15) is 0 Å². The molecule has 0 spiro atoms. The van der Waals surface area contributed by atoms with Crippen LogP contribution in [0, 0.1) is 5.41 Å². The molecule has 0 radical (unpaired) electrons. The van der Waals surface area contributed by atoms with Crippen LogP contribution in [0.4, 0.5) is 0 Å². The second kappa shape index (κ2) is 10.6. The third-order valence-electron chi connectivity index (χ3n) is 5.77. The van der Waals surface area contributed by atoms with E-state index in [2.05, 4.69) is 84.6 Å². The number of hydrogen-bond acceptors (Lipinski definition) is 3. The molecule has 0 fully saturated rings. The zero-order valence-electron chi connectivity index (χ0n) is 19.2. The molecule has 0 atom stereocenters. The van der Waals surface area contributed by atoms with Gasteiger partial charge in [0.05, 0.1) is 0 Å². The summed E-state index contributed by atoms with van der Waals surface area (Å²) in [5.41, 5.74) is 1.97. The molecule has 3 nitrogen and oxygen atoms in total. The molecule has 0 saturated heterocycles. The van der Waals surface area contributed by atoms with Crippen molar-refractivity contribution in [2.45, 2.75) is 75.2 Å². The third kappa shape index (κ3) is 4.91. The van der Waals surface area contributed by atoms with Crippen LogP contribution >= 0.6 is 0 Å². The average Bonchev–Trinajstić information content (AvgIpc) is 3.03. The van der Waals surface area contributed by atoms with Gasteiger partial charge in [0, 0.05) is 0 Å². The first kappa shape index (κ1) is 24.1. The van der Waals surface area contributed by atoms with E-state index in [4.69, 9.17) is 0 Å². The molecule has 0 heterocycles. The zero-order chi connectivity index (χ0) is 20.0. The summed E-state index contributed by atoms with van der Waals surface area (Å²) in [4.78, 5) is 0. The van der Waals surface area contributed by atoms with Gasteiger partial charge in [-0.15, -0.1) is 0 Å². The summed E-state index contributed by atoms with van der Waals surface area (Å²) in [5.74, 6) is 0. The number of rotatable bonds is 11. The molecule has 152 valence electrons. The Balaban J connectivity index is 3.72. The van der Waals surface area contributed by atoms with Crippen molar-refractivity contribution in [1.82, 2.24) is 10.1 Å². The first-order valence-corrected chi connectivity index (χ1v) is 13.8. The van der Waals surface area contributed by atoms with Crippen LogP contribution in [0.3, 0.4) is 0 Å². The topological polar surface area (TPSA) is 9.72 Å². The van der Waals surface area contributed by atoms with Gasteiger partial charge in [-0.05, 0) is 0 Å². The summed E-state index contributed by atoms with van der Waals surface area (Å²) in [6.07, 6.45) is 7.24. The fourth-order valence-electron chi connectivity index (χ4n) is 4.81. The van der Waals surface area contributed by atoms with Crippen molar-refractivity contribution >= 4 is 0 Å². The Morgan fingerprint density at radius 2 is 1.15 bits per heavy atom. The van der Waals surface area contributed by atoms with Gasteiger partial charge >= 0.3 is 169 Å². The van der Waals surface area contributed by atoms with E-state index in [1.165, 1.54) is 6.42 Å². The molecule has 0 aromatic carbocycles. The van der Waals surface area contributed by atoms with E-state index >= 15 is 0 Å². The van der Waals surface area contributed by atoms with Crippen LogP contribution in [-0.2, 0) is 17.4 Å². The summed E-state index contributed by atoms with van der Waals surface area (Å²) in [7, 11) is 0. The van der Waals surface area contributed by atoms with Crippen LogP contribution in [0.25, 0.3) is 0 Å². The molecule has 26 heavy (non-hydrogen) atoms. The minimum atomic E-state index is -2.79. The number of nitrogens with zero attached hydrogens (tertiary/aromatic N) is 3. The standard InChI is InChI=1S/C10H15.3C4H10N.Ti/c1-10(2,3)8-9-6-4-5-7-9;3*1-3-5-4-2;/h4,6H,5,8H2,1-3H3;3*3-4H2,1-2H3;/q;3*-1;+3. The Bertz CT molecular complexity index is 447. The first-order valence-electron chi connectivity index (χ1n) is 10.9. The fourth-order valence-corrected chi connectivity index (χ4v) is 14.2. The predicted octanol–water partition coefficient (Wildman–Crippen LogP) is 5.56. The van der Waals surface area contributed by atoms with Crippen molar-refractivity contribution < 1.29 is 17.4 Å². The molecule has 0 aromatic rings. The van der Waals surface area contributed by atoms with E-state index in [0.29, 0.717) is 5.41 Å². The van der Waals surface area contributed by atoms with E-state index in [-0.39, 0.29) is 0 Å². The number of hydrogen-bond donors (Lipinski definition) is 0. The Morgan fingerprint density at radius 3 is 1.46 bits per heavy atom.